The maximum atomic E-state index is 12.3. The summed E-state index contributed by atoms with van der Waals surface area (Å²) in [7, 11) is 0. The summed E-state index contributed by atoms with van der Waals surface area (Å²) >= 11 is 0. The lowest BCUT2D eigenvalue weighted by Crippen LogP contribution is -2.35. The van der Waals surface area contributed by atoms with Crippen LogP contribution in [0.1, 0.15) is 37.9 Å². The van der Waals surface area contributed by atoms with Crippen molar-refractivity contribution in [1.29, 1.82) is 0 Å². The largest absolute Gasteiger partial charge is 0.454 e. The molecule has 0 aromatic heterocycles. The molecular weight excluding hydrogens is 378 g/mol. The van der Waals surface area contributed by atoms with Gasteiger partial charge < -0.3 is 14.2 Å². The van der Waals surface area contributed by atoms with E-state index in [0.29, 0.717) is 17.5 Å². The molecule has 1 saturated heterocycles. The highest BCUT2D eigenvalue weighted by atomic mass is 16.6. The summed E-state index contributed by atoms with van der Waals surface area (Å²) in [5, 5.41) is 0. The number of carbonyl (C=O) groups is 4. The molecule has 2 heterocycles. The minimum absolute atomic E-state index is 0.127. The van der Waals surface area contributed by atoms with Crippen molar-refractivity contribution >= 4 is 23.9 Å². The second-order valence-corrected chi connectivity index (χ2v) is 6.62. The summed E-state index contributed by atoms with van der Waals surface area (Å²) in [4.78, 5) is 48.9. The molecule has 148 valence electrons. The number of rotatable bonds is 4. The van der Waals surface area contributed by atoms with Crippen molar-refractivity contribution in [3.05, 3.63) is 70.8 Å². The van der Waals surface area contributed by atoms with E-state index in [1.807, 2.05) is 30.3 Å². The zero-order valence-corrected chi connectivity index (χ0v) is 15.3. The van der Waals surface area contributed by atoms with Crippen LogP contribution < -0.4 is 0 Å². The van der Waals surface area contributed by atoms with Gasteiger partial charge in [0.25, 0.3) is 5.91 Å². The molecule has 2 aliphatic heterocycles. The fraction of sp³-hybridized carbons (Fsp3) is 0.238. The number of nitrogens with zero attached hydrogens (tertiary/aromatic N) is 1. The Hall–Kier alpha value is -3.68. The molecule has 2 amide bonds. The summed E-state index contributed by atoms with van der Waals surface area (Å²) in [6.07, 6.45) is -0.763. The molecule has 2 aromatic rings. The SMILES string of the molecule is O=C(OCC(=O)N1CCOC1=O)c1ccc2c(c1)C[C@H](c1ccccc1)OC2=O. The fourth-order valence-corrected chi connectivity index (χ4v) is 3.28. The number of fused-ring (bicyclic) bond motifs is 1. The van der Waals surface area contributed by atoms with Gasteiger partial charge in [-0.3, -0.25) is 4.79 Å². The average Bonchev–Trinajstić information content (AvgIpc) is 3.18. The van der Waals surface area contributed by atoms with E-state index in [9.17, 15) is 19.2 Å². The minimum Gasteiger partial charge on any atom is -0.454 e. The monoisotopic (exact) mass is 395 g/mol. The second-order valence-electron chi connectivity index (χ2n) is 6.62. The first kappa shape index (κ1) is 18.7. The van der Waals surface area contributed by atoms with Gasteiger partial charge in [-0.05, 0) is 29.3 Å². The van der Waals surface area contributed by atoms with Crippen LogP contribution >= 0.6 is 0 Å². The molecule has 0 radical (unpaired) electrons. The summed E-state index contributed by atoms with van der Waals surface area (Å²) in [6.45, 7) is -0.307. The predicted molar refractivity (Wildman–Crippen MR) is 98.1 cm³/mol. The molecule has 2 aliphatic rings. The summed E-state index contributed by atoms with van der Waals surface area (Å²) in [5.41, 5.74) is 2.13. The Balaban J connectivity index is 1.46. The zero-order valence-electron chi connectivity index (χ0n) is 15.3. The Kier molecular flexibility index (Phi) is 4.99. The van der Waals surface area contributed by atoms with Crippen molar-refractivity contribution < 1.29 is 33.4 Å². The lowest BCUT2D eigenvalue weighted by atomic mass is 9.93. The highest BCUT2D eigenvalue weighted by Crippen LogP contribution is 2.31. The van der Waals surface area contributed by atoms with Gasteiger partial charge in [0.2, 0.25) is 0 Å². The van der Waals surface area contributed by atoms with Crippen molar-refractivity contribution in [3.8, 4) is 0 Å². The number of ether oxygens (including phenoxy) is 3. The van der Waals surface area contributed by atoms with E-state index in [1.54, 1.807) is 6.07 Å². The van der Waals surface area contributed by atoms with E-state index in [4.69, 9.17) is 9.47 Å². The van der Waals surface area contributed by atoms with Crippen LogP contribution in [-0.2, 0) is 25.4 Å². The quantitative estimate of drug-likeness (QED) is 0.578. The Bertz CT molecular complexity index is 986. The van der Waals surface area contributed by atoms with Crippen molar-refractivity contribution in [1.82, 2.24) is 4.90 Å². The number of cyclic esters (lactones) is 2. The van der Waals surface area contributed by atoms with Crippen LogP contribution in [0, 0.1) is 0 Å². The third-order valence-corrected chi connectivity index (χ3v) is 4.78. The number of carbonyl (C=O) groups excluding carboxylic acids is 4. The van der Waals surface area contributed by atoms with Crippen LogP contribution in [0.15, 0.2) is 48.5 Å². The Labute approximate surface area is 166 Å². The fourth-order valence-electron chi connectivity index (χ4n) is 3.28. The maximum Gasteiger partial charge on any atom is 0.416 e. The first-order valence-corrected chi connectivity index (χ1v) is 9.06. The highest BCUT2D eigenvalue weighted by molar-refractivity contribution is 5.97. The van der Waals surface area contributed by atoms with Crippen LogP contribution in [0.2, 0.25) is 0 Å². The average molecular weight is 395 g/mol. The van der Waals surface area contributed by atoms with Crippen molar-refractivity contribution in [2.24, 2.45) is 0 Å². The van der Waals surface area contributed by atoms with Crippen molar-refractivity contribution in [2.75, 3.05) is 19.8 Å². The van der Waals surface area contributed by atoms with Crippen LogP contribution in [0.5, 0.6) is 0 Å². The number of hydrogen-bond acceptors (Lipinski definition) is 7. The number of esters is 2. The van der Waals surface area contributed by atoms with Crippen LogP contribution in [0.25, 0.3) is 0 Å². The first-order valence-electron chi connectivity index (χ1n) is 9.06. The van der Waals surface area contributed by atoms with Gasteiger partial charge in [-0.1, -0.05) is 30.3 Å². The van der Waals surface area contributed by atoms with Gasteiger partial charge in [0.15, 0.2) is 6.61 Å². The third kappa shape index (κ3) is 3.82. The smallest absolute Gasteiger partial charge is 0.416 e. The summed E-state index contributed by atoms with van der Waals surface area (Å²) in [5.74, 6) is -1.82. The number of benzene rings is 2. The zero-order chi connectivity index (χ0) is 20.4. The van der Waals surface area contributed by atoms with E-state index in [1.165, 1.54) is 12.1 Å². The molecule has 4 rings (SSSR count). The molecule has 0 spiro atoms. The molecule has 2 aromatic carbocycles. The standard InChI is InChI=1S/C21H17NO7/c23-18(22-8-9-27-21(22)26)12-28-19(24)14-6-7-16-15(10-14)11-17(29-20(16)25)13-4-2-1-3-5-13/h1-7,10,17H,8-9,11-12H2/t17-/m1/s1. The van der Waals surface area contributed by atoms with Gasteiger partial charge in [0.1, 0.15) is 12.7 Å². The molecule has 29 heavy (non-hydrogen) atoms. The van der Waals surface area contributed by atoms with Crippen LogP contribution in [-0.4, -0.2) is 48.6 Å². The molecule has 1 fully saturated rings. The van der Waals surface area contributed by atoms with Gasteiger partial charge in [0.05, 0.1) is 17.7 Å². The van der Waals surface area contributed by atoms with E-state index in [0.717, 1.165) is 10.5 Å². The number of amides is 2. The molecule has 0 bridgehead atoms. The first-order chi connectivity index (χ1) is 14.0. The molecule has 1 atom stereocenters. The van der Waals surface area contributed by atoms with Gasteiger partial charge in [-0.25, -0.2) is 19.3 Å². The van der Waals surface area contributed by atoms with Crippen molar-refractivity contribution in [3.63, 3.8) is 0 Å². The molecule has 8 nitrogen and oxygen atoms in total. The van der Waals surface area contributed by atoms with Gasteiger partial charge in [0, 0.05) is 6.42 Å². The summed E-state index contributed by atoms with van der Waals surface area (Å²) in [6, 6.07) is 13.9. The molecular formula is C21H17NO7. The Morgan fingerprint density at radius 1 is 1.10 bits per heavy atom. The lowest BCUT2D eigenvalue weighted by molar-refractivity contribution is -0.131. The second kappa shape index (κ2) is 7.75. The van der Waals surface area contributed by atoms with Crippen LogP contribution in [0.3, 0.4) is 0 Å². The maximum absolute atomic E-state index is 12.3. The molecule has 0 unspecified atom stereocenters. The van der Waals surface area contributed by atoms with E-state index in [-0.39, 0.29) is 18.7 Å². The number of imide groups is 1. The minimum atomic E-state index is -0.745. The normalized spacial score (nSPS) is 17.9. The lowest BCUT2D eigenvalue weighted by Gasteiger charge is -2.25. The molecule has 0 aliphatic carbocycles. The Morgan fingerprint density at radius 3 is 2.62 bits per heavy atom. The molecule has 0 N–H and O–H groups in total. The summed E-state index contributed by atoms with van der Waals surface area (Å²) < 4.78 is 15.2. The molecule has 8 heteroatoms. The van der Waals surface area contributed by atoms with E-state index in [2.05, 4.69) is 4.74 Å². The van der Waals surface area contributed by atoms with Gasteiger partial charge in [-0.2, -0.15) is 0 Å². The highest BCUT2D eigenvalue weighted by Gasteiger charge is 2.30. The van der Waals surface area contributed by atoms with Gasteiger partial charge >= 0.3 is 18.0 Å². The van der Waals surface area contributed by atoms with Gasteiger partial charge in [-0.15, -0.1) is 0 Å². The van der Waals surface area contributed by atoms with E-state index < -0.39 is 36.6 Å². The number of hydrogen-bond donors (Lipinski definition) is 0. The van der Waals surface area contributed by atoms with Crippen molar-refractivity contribution in [2.45, 2.75) is 12.5 Å². The predicted octanol–water partition coefficient (Wildman–Crippen LogP) is 2.28. The topological polar surface area (TPSA) is 99.2 Å². The molecule has 0 saturated carbocycles. The Morgan fingerprint density at radius 2 is 1.90 bits per heavy atom. The van der Waals surface area contributed by atoms with Crippen LogP contribution in [0.4, 0.5) is 4.79 Å². The third-order valence-electron chi connectivity index (χ3n) is 4.78. The van der Waals surface area contributed by atoms with E-state index >= 15 is 0 Å².